The largest absolute Gasteiger partial charge is 0.369 e. The van der Waals surface area contributed by atoms with Crippen molar-refractivity contribution in [3.63, 3.8) is 0 Å². The van der Waals surface area contributed by atoms with Crippen molar-refractivity contribution in [3.05, 3.63) is 64.3 Å². The van der Waals surface area contributed by atoms with Crippen LogP contribution in [0.25, 0.3) is 10.9 Å². The van der Waals surface area contributed by atoms with Crippen molar-refractivity contribution in [2.75, 3.05) is 13.2 Å². The van der Waals surface area contributed by atoms with E-state index in [2.05, 4.69) is 22.3 Å². The molecule has 0 fully saturated rings. The molecule has 0 aliphatic carbocycles. The van der Waals surface area contributed by atoms with Gasteiger partial charge in [-0.2, -0.15) is 5.10 Å². The molecule has 0 bridgehead atoms. The van der Waals surface area contributed by atoms with Gasteiger partial charge in [0, 0.05) is 54.2 Å². The van der Waals surface area contributed by atoms with Crippen LogP contribution in [0.2, 0.25) is 0 Å². The average molecular weight is 543 g/mol. The minimum absolute atomic E-state index is 0.0688. The monoisotopic (exact) mass is 542 g/mol. The number of carbonyl (C=O) groups is 4. The maximum absolute atomic E-state index is 12.9. The molecule has 3 amide bonds. The Labute approximate surface area is 233 Å². The van der Waals surface area contributed by atoms with E-state index in [9.17, 15) is 19.2 Å². The molecule has 2 aromatic carbocycles. The first-order valence-corrected chi connectivity index (χ1v) is 13.6. The lowest BCUT2D eigenvalue weighted by Crippen LogP contribution is -2.34. The highest BCUT2D eigenvalue weighted by molar-refractivity contribution is 5.99. The molecule has 1 unspecified atom stereocenters. The van der Waals surface area contributed by atoms with Crippen LogP contribution in [0.15, 0.2) is 36.4 Å². The fraction of sp³-hybridized carbons (Fsp3) is 0.387. The van der Waals surface area contributed by atoms with E-state index in [-0.39, 0.29) is 24.3 Å². The van der Waals surface area contributed by atoms with Crippen LogP contribution in [-0.2, 0) is 27.4 Å². The van der Waals surface area contributed by atoms with Gasteiger partial charge in [-0.25, -0.2) is 0 Å². The first-order chi connectivity index (χ1) is 19.4. The highest BCUT2D eigenvalue weighted by Crippen LogP contribution is 2.28. The average Bonchev–Trinajstić information content (AvgIpc) is 3.47. The standard InChI is InChI=1S/C31H34N4O5/c1-22(11-14-30(38)32-21-37)34-19-28-25(8-6-10-27(28)31(34)39)9-7-17-40-16-5-3-4-15-35-29-18-24(20-36)12-13-26(29)23(2)33-35/h6,8,10,12-13,18,20-22H,3-5,11,14-17,19H2,1-2H3,(H,32,37,38). The third-order valence-corrected chi connectivity index (χ3v) is 7.19. The number of hydrogen-bond acceptors (Lipinski definition) is 6. The Morgan fingerprint density at radius 1 is 1.20 bits per heavy atom. The number of fused-ring (bicyclic) bond motifs is 2. The number of ether oxygens (including phenoxy) is 1. The van der Waals surface area contributed by atoms with E-state index < -0.39 is 0 Å². The summed E-state index contributed by atoms with van der Waals surface area (Å²) in [6, 6.07) is 11.1. The van der Waals surface area contributed by atoms with E-state index in [1.54, 1.807) is 11.0 Å². The summed E-state index contributed by atoms with van der Waals surface area (Å²) in [5, 5.41) is 7.82. The summed E-state index contributed by atoms with van der Waals surface area (Å²) in [4.78, 5) is 47.8. The van der Waals surface area contributed by atoms with Gasteiger partial charge in [0.25, 0.3) is 5.91 Å². The molecule has 208 valence electrons. The number of amides is 3. The van der Waals surface area contributed by atoms with Gasteiger partial charge in [0.1, 0.15) is 12.9 Å². The van der Waals surface area contributed by atoms with Gasteiger partial charge >= 0.3 is 0 Å². The van der Waals surface area contributed by atoms with Crippen molar-refractivity contribution < 1.29 is 23.9 Å². The molecule has 1 atom stereocenters. The van der Waals surface area contributed by atoms with Crippen LogP contribution in [0.3, 0.4) is 0 Å². The normalized spacial score (nSPS) is 13.1. The summed E-state index contributed by atoms with van der Waals surface area (Å²) in [7, 11) is 0. The van der Waals surface area contributed by atoms with Crippen LogP contribution < -0.4 is 5.32 Å². The molecule has 3 aromatic rings. The molecule has 2 heterocycles. The van der Waals surface area contributed by atoms with Crippen molar-refractivity contribution in [2.45, 2.75) is 65.1 Å². The molecule has 0 spiro atoms. The minimum atomic E-state index is -0.353. The van der Waals surface area contributed by atoms with E-state index in [0.717, 1.165) is 59.8 Å². The number of aryl methyl sites for hydroxylation is 2. The lowest BCUT2D eigenvalue weighted by molar-refractivity contribution is -0.125. The zero-order chi connectivity index (χ0) is 28.5. The highest BCUT2D eigenvalue weighted by Gasteiger charge is 2.32. The number of unbranched alkanes of at least 4 members (excludes halogenated alkanes) is 2. The number of aldehydes is 1. The summed E-state index contributed by atoms with van der Waals surface area (Å²) in [5.74, 6) is 5.79. The Balaban J connectivity index is 1.20. The maximum atomic E-state index is 12.9. The summed E-state index contributed by atoms with van der Waals surface area (Å²) in [6.07, 6.45) is 4.72. The predicted molar refractivity (Wildman–Crippen MR) is 151 cm³/mol. The van der Waals surface area contributed by atoms with Crippen molar-refractivity contribution in [2.24, 2.45) is 0 Å². The van der Waals surface area contributed by atoms with Gasteiger partial charge in [0.15, 0.2) is 0 Å². The topological polar surface area (TPSA) is 111 Å². The molecule has 1 aliphatic heterocycles. The second-order valence-electron chi connectivity index (χ2n) is 9.96. The Hall–Kier alpha value is -4.29. The lowest BCUT2D eigenvalue weighted by atomic mass is 10.0. The van der Waals surface area contributed by atoms with E-state index in [0.29, 0.717) is 43.7 Å². The number of aromatic nitrogens is 2. The number of carbonyl (C=O) groups excluding carboxylic acids is 4. The number of hydrogen-bond donors (Lipinski definition) is 1. The Kier molecular flexibility index (Phi) is 9.81. The lowest BCUT2D eigenvalue weighted by Gasteiger charge is -2.24. The van der Waals surface area contributed by atoms with Crippen LogP contribution in [0, 0.1) is 18.8 Å². The van der Waals surface area contributed by atoms with Crippen LogP contribution in [0.1, 0.15) is 76.6 Å². The summed E-state index contributed by atoms with van der Waals surface area (Å²) < 4.78 is 7.68. The van der Waals surface area contributed by atoms with Crippen LogP contribution in [0.4, 0.5) is 0 Å². The molecule has 9 nitrogen and oxygen atoms in total. The summed E-state index contributed by atoms with van der Waals surface area (Å²) in [5.41, 5.74) is 4.94. The van der Waals surface area contributed by atoms with Gasteiger partial charge in [0.05, 0.1) is 11.2 Å². The van der Waals surface area contributed by atoms with Crippen molar-refractivity contribution in [1.29, 1.82) is 0 Å². The third kappa shape index (κ3) is 6.82. The van der Waals surface area contributed by atoms with Gasteiger partial charge in [-0.05, 0) is 63.3 Å². The smallest absolute Gasteiger partial charge is 0.254 e. The molecule has 1 N–H and O–H groups in total. The molecule has 4 rings (SSSR count). The molecule has 0 radical (unpaired) electrons. The van der Waals surface area contributed by atoms with Crippen molar-refractivity contribution >= 4 is 35.4 Å². The van der Waals surface area contributed by atoms with Crippen molar-refractivity contribution in [1.82, 2.24) is 20.0 Å². The third-order valence-electron chi connectivity index (χ3n) is 7.19. The zero-order valence-corrected chi connectivity index (χ0v) is 22.9. The molecule has 1 aliphatic rings. The first-order valence-electron chi connectivity index (χ1n) is 13.6. The molecular weight excluding hydrogens is 508 g/mol. The fourth-order valence-electron chi connectivity index (χ4n) is 4.96. The van der Waals surface area contributed by atoms with Gasteiger partial charge in [-0.3, -0.25) is 29.2 Å². The fourth-order valence-corrected chi connectivity index (χ4v) is 4.96. The maximum Gasteiger partial charge on any atom is 0.254 e. The van der Waals surface area contributed by atoms with Gasteiger partial charge in [-0.15, -0.1) is 0 Å². The quantitative estimate of drug-likeness (QED) is 0.200. The van der Waals surface area contributed by atoms with E-state index >= 15 is 0 Å². The highest BCUT2D eigenvalue weighted by atomic mass is 16.5. The molecular formula is C31H34N4O5. The Morgan fingerprint density at radius 3 is 2.85 bits per heavy atom. The number of rotatable bonds is 13. The SMILES string of the molecule is Cc1nn(CCCCCOCC#Cc2cccc3c2CN(C(C)CCC(=O)NC=O)C3=O)c2cc(C=O)ccc12. The Bertz CT molecular complexity index is 1470. The zero-order valence-electron chi connectivity index (χ0n) is 22.9. The first kappa shape index (κ1) is 28.7. The molecule has 40 heavy (non-hydrogen) atoms. The minimum Gasteiger partial charge on any atom is -0.369 e. The van der Waals surface area contributed by atoms with E-state index in [1.807, 2.05) is 48.9 Å². The van der Waals surface area contributed by atoms with Crippen LogP contribution in [0.5, 0.6) is 0 Å². The molecule has 0 saturated heterocycles. The predicted octanol–water partition coefficient (Wildman–Crippen LogP) is 3.79. The van der Waals surface area contributed by atoms with E-state index in [4.69, 9.17) is 4.74 Å². The van der Waals surface area contributed by atoms with E-state index in [1.165, 1.54) is 0 Å². The number of benzene rings is 2. The number of nitrogens with zero attached hydrogens (tertiary/aromatic N) is 3. The number of imide groups is 1. The second-order valence-corrected chi connectivity index (χ2v) is 9.96. The van der Waals surface area contributed by atoms with Gasteiger partial charge in [-0.1, -0.05) is 30.0 Å². The second kappa shape index (κ2) is 13.7. The van der Waals surface area contributed by atoms with Gasteiger partial charge < -0.3 is 9.64 Å². The summed E-state index contributed by atoms with van der Waals surface area (Å²) >= 11 is 0. The molecule has 9 heteroatoms. The van der Waals surface area contributed by atoms with Crippen LogP contribution in [-0.4, -0.2) is 58.4 Å². The molecule has 1 aromatic heterocycles. The number of nitrogens with one attached hydrogen (secondary N) is 1. The Morgan fingerprint density at radius 2 is 2.05 bits per heavy atom. The van der Waals surface area contributed by atoms with Crippen molar-refractivity contribution in [3.8, 4) is 11.8 Å². The molecule has 0 saturated carbocycles. The summed E-state index contributed by atoms with van der Waals surface area (Å²) in [6.45, 7) is 6.02. The van der Waals surface area contributed by atoms with Crippen LogP contribution >= 0.6 is 0 Å². The van der Waals surface area contributed by atoms with Gasteiger partial charge in [0.2, 0.25) is 12.3 Å².